The van der Waals surface area contributed by atoms with Crippen LogP contribution in [-0.4, -0.2) is 22.8 Å². The van der Waals surface area contributed by atoms with Crippen LogP contribution in [0.5, 0.6) is 0 Å². The van der Waals surface area contributed by atoms with Crippen molar-refractivity contribution in [3.63, 3.8) is 0 Å². The standard InChI is InChI=1S/C17H19N3O2/c1-12(2)19-17(22)15(13-6-4-3-5-7-13)20-16(21)14-8-10-18-11-9-14/h3-12,15H,1-2H3,(H,19,22)(H,20,21)/t15-/m0/s1. The number of amides is 2. The van der Waals surface area contributed by atoms with Crippen molar-refractivity contribution in [3.8, 4) is 0 Å². The molecule has 2 amide bonds. The van der Waals surface area contributed by atoms with Gasteiger partial charge in [-0.1, -0.05) is 30.3 Å². The van der Waals surface area contributed by atoms with Crippen molar-refractivity contribution < 1.29 is 9.59 Å². The van der Waals surface area contributed by atoms with Crippen LogP contribution >= 0.6 is 0 Å². The third-order valence-corrected chi connectivity index (χ3v) is 3.04. The number of carbonyl (C=O) groups excluding carboxylic acids is 2. The van der Waals surface area contributed by atoms with Crippen molar-refractivity contribution >= 4 is 11.8 Å². The van der Waals surface area contributed by atoms with E-state index in [-0.39, 0.29) is 17.9 Å². The molecule has 0 saturated carbocycles. The van der Waals surface area contributed by atoms with Gasteiger partial charge in [0.1, 0.15) is 6.04 Å². The molecule has 0 bridgehead atoms. The normalized spacial score (nSPS) is 11.8. The average molecular weight is 297 g/mol. The van der Waals surface area contributed by atoms with Gasteiger partial charge in [0.2, 0.25) is 5.91 Å². The molecule has 114 valence electrons. The highest BCUT2D eigenvalue weighted by Crippen LogP contribution is 2.14. The van der Waals surface area contributed by atoms with Crippen LogP contribution in [0.4, 0.5) is 0 Å². The van der Waals surface area contributed by atoms with Crippen LogP contribution in [0.25, 0.3) is 0 Å². The lowest BCUT2D eigenvalue weighted by atomic mass is 10.1. The lowest BCUT2D eigenvalue weighted by Crippen LogP contribution is -2.42. The van der Waals surface area contributed by atoms with Gasteiger partial charge in [0.25, 0.3) is 5.91 Å². The maximum absolute atomic E-state index is 12.4. The number of carbonyl (C=O) groups is 2. The van der Waals surface area contributed by atoms with Gasteiger partial charge in [-0.25, -0.2) is 0 Å². The van der Waals surface area contributed by atoms with Gasteiger partial charge < -0.3 is 10.6 Å². The Morgan fingerprint density at radius 3 is 2.18 bits per heavy atom. The van der Waals surface area contributed by atoms with Gasteiger partial charge >= 0.3 is 0 Å². The predicted octanol–water partition coefficient (Wildman–Crippen LogP) is 2.08. The second kappa shape index (κ2) is 7.36. The molecule has 0 radical (unpaired) electrons. The first-order chi connectivity index (χ1) is 10.6. The fourth-order valence-corrected chi connectivity index (χ4v) is 2.03. The molecule has 1 heterocycles. The van der Waals surface area contributed by atoms with Gasteiger partial charge in [-0.15, -0.1) is 0 Å². The Bertz CT molecular complexity index is 627. The van der Waals surface area contributed by atoms with Crippen LogP contribution in [-0.2, 0) is 4.79 Å². The molecule has 0 aliphatic heterocycles. The number of benzene rings is 1. The number of rotatable bonds is 5. The SMILES string of the molecule is CC(C)NC(=O)[C@@H](NC(=O)c1ccncc1)c1ccccc1. The van der Waals surface area contributed by atoms with Gasteiger partial charge in [0.05, 0.1) is 0 Å². The molecular weight excluding hydrogens is 278 g/mol. The van der Waals surface area contributed by atoms with E-state index in [0.717, 1.165) is 5.56 Å². The third-order valence-electron chi connectivity index (χ3n) is 3.04. The minimum atomic E-state index is -0.732. The summed E-state index contributed by atoms with van der Waals surface area (Å²) in [6, 6.07) is 11.7. The Morgan fingerprint density at radius 2 is 1.59 bits per heavy atom. The van der Waals surface area contributed by atoms with Crippen molar-refractivity contribution in [2.45, 2.75) is 25.9 Å². The topological polar surface area (TPSA) is 71.1 Å². The van der Waals surface area contributed by atoms with Gasteiger partial charge in [-0.05, 0) is 31.5 Å². The third kappa shape index (κ3) is 4.15. The number of aromatic nitrogens is 1. The largest absolute Gasteiger partial charge is 0.352 e. The highest BCUT2D eigenvalue weighted by atomic mass is 16.2. The summed E-state index contributed by atoms with van der Waals surface area (Å²) >= 11 is 0. The van der Waals surface area contributed by atoms with Crippen LogP contribution in [0, 0.1) is 0 Å². The second-order valence-corrected chi connectivity index (χ2v) is 5.22. The zero-order valence-electron chi connectivity index (χ0n) is 12.6. The minimum absolute atomic E-state index is 0.00320. The van der Waals surface area contributed by atoms with E-state index < -0.39 is 6.04 Å². The fraction of sp³-hybridized carbons (Fsp3) is 0.235. The molecule has 1 aromatic heterocycles. The Balaban J connectivity index is 2.21. The molecule has 0 fully saturated rings. The molecule has 1 aromatic carbocycles. The lowest BCUT2D eigenvalue weighted by molar-refractivity contribution is -0.123. The zero-order valence-corrected chi connectivity index (χ0v) is 12.6. The number of nitrogens with one attached hydrogen (secondary N) is 2. The summed E-state index contributed by atoms with van der Waals surface area (Å²) in [4.78, 5) is 28.6. The molecule has 2 rings (SSSR count). The van der Waals surface area contributed by atoms with Crippen molar-refractivity contribution in [1.82, 2.24) is 15.6 Å². The summed E-state index contributed by atoms with van der Waals surface area (Å²) in [6.45, 7) is 3.76. The first-order valence-electron chi connectivity index (χ1n) is 7.14. The lowest BCUT2D eigenvalue weighted by Gasteiger charge is -2.20. The Morgan fingerprint density at radius 1 is 0.955 bits per heavy atom. The van der Waals surface area contributed by atoms with E-state index in [1.165, 1.54) is 0 Å². The molecule has 2 aromatic rings. The van der Waals surface area contributed by atoms with Crippen molar-refractivity contribution in [2.75, 3.05) is 0 Å². The Kier molecular flexibility index (Phi) is 5.25. The first-order valence-corrected chi connectivity index (χ1v) is 7.14. The fourth-order valence-electron chi connectivity index (χ4n) is 2.03. The van der Waals surface area contributed by atoms with E-state index in [4.69, 9.17) is 0 Å². The van der Waals surface area contributed by atoms with Gasteiger partial charge in [-0.2, -0.15) is 0 Å². The van der Waals surface area contributed by atoms with E-state index in [1.54, 1.807) is 24.5 Å². The van der Waals surface area contributed by atoms with Crippen molar-refractivity contribution in [1.29, 1.82) is 0 Å². The molecule has 0 aliphatic rings. The maximum Gasteiger partial charge on any atom is 0.252 e. The summed E-state index contributed by atoms with van der Waals surface area (Å²) in [7, 11) is 0. The first kappa shape index (κ1) is 15.7. The van der Waals surface area contributed by atoms with E-state index in [1.807, 2.05) is 44.2 Å². The molecule has 5 heteroatoms. The average Bonchev–Trinajstić information content (AvgIpc) is 2.53. The summed E-state index contributed by atoms with van der Waals surface area (Å²) < 4.78 is 0. The van der Waals surface area contributed by atoms with Gasteiger partial charge in [-0.3, -0.25) is 14.6 Å². The Hall–Kier alpha value is -2.69. The molecule has 1 atom stereocenters. The summed E-state index contributed by atoms with van der Waals surface area (Å²) in [6.07, 6.45) is 3.08. The summed E-state index contributed by atoms with van der Waals surface area (Å²) in [5.74, 6) is -0.543. The van der Waals surface area contributed by atoms with Crippen LogP contribution < -0.4 is 10.6 Å². The second-order valence-electron chi connectivity index (χ2n) is 5.22. The summed E-state index contributed by atoms with van der Waals surface area (Å²) in [5, 5.41) is 5.61. The van der Waals surface area contributed by atoms with Crippen LogP contribution in [0.3, 0.4) is 0 Å². The number of nitrogens with zero attached hydrogens (tertiary/aromatic N) is 1. The van der Waals surface area contributed by atoms with Crippen LogP contribution in [0.1, 0.15) is 35.8 Å². The predicted molar refractivity (Wildman–Crippen MR) is 84.2 cm³/mol. The van der Waals surface area contributed by atoms with Crippen molar-refractivity contribution in [2.24, 2.45) is 0 Å². The van der Waals surface area contributed by atoms with Crippen molar-refractivity contribution in [3.05, 3.63) is 66.0 Å². The minimum Gasteiger partial charge on any atom is -0.352 e. The highest BCUT2D eigenvalue weighted by molar-refractivity contribution is 5.97. The molecular formula is C17H19N3O2. The quantitative estimate of drug-likeness (QED) is 0.887. The smallest absolute Gasteiger partial charge is 0.252 e. The Labute approximate surface area is 129 Å². The van der Waals surface area contributed by atoms with Gasteiger partial charge in [0, 0.05) is 24.0 Å². The molecule has 0 spiro atoms. The number of hydrogen-bond acceptors (Lipinski definition) is 3. The van der Waals surface area contributed by atoms with Gasteiger partial charge in [0.15, 0.2) is 0 Å². The van der Waals surface area contributed by atoms with E-state index >= 15 is 0 Å². The molecule has 0 saturated heterocycles. The van der Waals surface area contributed by atoms with Crippen LogP contribution in [0.2, 0.25) is 0 Å². The maximum atomic E-state index is 12.4. The molecule has 0 unspecified atom stereocenters. The number of hydrogen-bond donors (Lipinski definition) is 2. The van der Waals surface area contributed by atoms with E-state index in [9.17, 15) is 9.59 Å². The number of pyridine rings is 1. The monoisotopic (exact) mass is 297 g/mol. The molecule has 0 aliphatic carbocycles. The summed E-state index contributed by atoms with van der Waals surface area (Å²) in [5.41, 5.74) is 1.20. The zero-order chi connectivity index (χ0) is 15.9. The highest BCUT2D eigenvalue weighted by Gasteiger charge is 2.23. The van der Waals surface area contributed by atoms with E-state index in [0.29, 0.717) is 5.56 Å². The molecule has 5 nitrogen and oxygen atoms in total. The van der Waals surface area contributed by atoms with Crippen LogP contribution in [0.15, 0.2) is 54.9 Å². The molecule has 2 N–H and O–H groups in total. The van der Waals surface area contributed by atoms with E-state index in [2.05, 4.69) is 15.6 Å². The molecule has 22 heavy (non-hydrogen) atoms.